The molecule has 57 heavy (non-hydrogen) atoms. The summed E-state index contributed by atoms with van der Waals surface area (Å²) in [6, 6.07) is 0. The van der Waals surface area contributed by atoms with E-state index in [1.165, 1.54) is 167 Å². The van der Waals surface area contributed by atoms with Gasteiger partial charge in [0.1, 0.15) is 13.2 Å². The number of carbonyl (C=O) groups excluding carboxylic acids is 3. The molecule has 0 N–H and O–H groups in total. The fourth-order valence-corrected chi connectivity index (χ4v) is 7.60. The molecular weight excluding hydrogens is 709 g/mol. The second-order valence-electron chi connectivity index (χ2n) is 18.2. The van der Waals surface area contributed by atoms with Gasteiger partial charge in [0.2, 0.25) is 0 Å². The third kappa shape index (κ3) is 43.8. The lowest BCUT2D eigenvalue weighted by Gasteiger charge is -2.18. The molecule has 0 aliphatic heterocycles. The van der Waals surface area contributed by atoms with Gasteiger partial charge in [-0.15, -0.1) is 0 Å². The first-order valence-electron chi connectivity index (χ1n) is 25.3. The number of ether oxygens (including phenoxy) is 3. The fourth-order valence-electron chi connectivity index (χ4n) is 7.60. The molecule has 0 saturated heterocycles. The van der Waals surface area contributed by atoms with Crippen LogP contribution in [0.15, 0.2) is 0 Å². The zero-order valence-corrected chi connectivity index (χ0v) is 39.0. The van der Waals surface area contributed by atoms with Gasteiger partial charge in [-0.05, 0) is 31.1 Å². The summed E-state index contributed by atoms with van der Waals surface area (Å²) in [5.74, 6) is 0.824. The molecule has 0 aliphatic rings. The van der Waals surface area contributed by atoms with Crippen LogP contribution < -0.4 is 0 Å². The number of esters is 3. The van der Waals surface area contributed by atoms with E-state index >= 15 is 0 Å². The summed E-state index contributed by atoms with van der Waals surface area (Å²) in [6.45, 7) is 11.4. The van der Waals surface area contributed by atoms with Crippen molar-refractivity contribution >= 4 is 17.9 Å². The Kier molecular flexibility index (Phi) is 42.7. The molecule has 0 amide bonds. The van der Waals surface area contributed by atoms with E-state index in [0.717, 1.165) is 69.6 Å². The lowest BCUT2D eigenvalue weighted by Crippen LogP contribution is -2.30. The van der Waals surface area contributed by atoms with E-state index in [9.17, 15) is 14.4 Å². The second kappa shape index (κ2) is 44.0. The maximum atomic E-state index is 12.8. The summed E-state index contributed by atoms with van der Waals surface area (Å²) < 4.78 is 16.8. The van der Waals surface area contributed by atoms with Gasteiger partial charge in [-0.2, -0.15) is 0 Å². The molecule has 0 aromatic heterocycles. The molecule has 0 aliphatic carbocycles. The molecule has 0 saturated carbocycles. The molecule has 0 heterocycles. The zero-order valence-electron chi connectivity index (χ0n) is 39.0. The van der Waals surface area contributed by atoms with Gasteiger partial charge in [-0.3, -0.25) is 14.4 Å². The van der Waals surface area contributed by atoms with E-state index in [2.05, 4.69) is 34.6 Å². The maximum Gasteiger partial charge on any atom is 0.306 e. The highest BCUT2D eigenvalue weighted by Crippen LogP contribution is 2.17. The van der Waals surface area contributed by atoms with Crippen LogP contribution in [0.1, 0.15) is 279 Å². The summed E-state index contributed by atoms with van der Waals surface area (Å²) in [5.41, 5.74) is 0. The van der Waals surface area contributed by atoms with E-state index in [-0.39, 0.29) is 31.1 Å². The average Bonchev–Trinajstić information content (AvgIpc) is 3.19. The molecule has 0 fully saturated rings. The van der Waals surface area contributed by atoms with Crippen LogP contribution >= 0.6 is 0 Å². The van der Waals surface area contributed by atoms with Gasteiger partial charge in [0.05, 0.1) is 0 Å². The van der Waals surface area contributed by atoms with Crippen molar-refractivity contribution in [2.24, 2.45) is 11.8 Å². The Morgan fingerprint density at radius 3 is 1.00 bits per heavy atom. The minimum atomic E-state index is -0.761. The van der Waals surface area contributed by atoms with Crippen molar-refractivity contribution in [3.63, 3.8) is 0 Å². The van der Waals surface area contributed by atoms with Gasteiger partial charge >= 0.3 is 17.9 Å². The molecule has 0 aromatic rings. The minimum absolute atomic E-state index is 0.0642. The van der Waals surface area contributed by atoms with Gasteiger partial charge in [0, 0.05) is 19.3 Å². The van der Waals surface area contributed by atoms with Crippen LogP contribution in [0, 0.1) is 11.8 Å². The normalized spacial score (nSPS) is 12.5. The molecule has 0 aromatic carbocycles. The largest absolute Gasteiger partial charge is 0.462 e. The molecule has 0 spiro atoms. The van der Waals surface area contributed by atoms with Crippen molar-refractivity contribution in [1.29, 1.82) is 0 Å². The molecule has 6 heteroatoms. The van der Waals surface area contributed by atoms with Gasteiger partial charge in [-0.25, -0.2) is 0 Å². The molecule has 1 unspecified atom stereocenters. The molecule has 0 bridgehead atoms. The Morgan fingerprint density at radius 2 is 0.667 bits per heavy atom. The Balaban J connectivity index is 4.33. The smallest absolute Gasteiger partial charge is 0.306 e. The van der Waals surface area contributed by atoms with Crippen molar-refractivity contribution in [2.45, 2.75) is 285 Å². The van der Waals surface area contributed by atoms with E-state index in [1.807, 2.05) is 0 Å². The molecule has 0 rings (SSSR count). The molecule has 6 nitrogen and oxygen atoms in total. The van der Waals surface area contributed by atoms with Gasteiger partial charge in [-0.1, -0.05) is 240 Å². The van der Waals surface area contributed by atoms with Crippen molar-refractivity contribution in [2.75, 3.05) is 13.2 Å². The quantitative estimate of drug-likeness (QED) is 0.0346. The molecule has 0 radical (unpaired) electrons. The monoisotopic (exact) mass is 807 g/mol. The Labute approximate surface area is 355 Å². The molecular formula is C51H98O6. The van der Waals surface area contributed by atoms with Crippen LogP contribution in [0.3, 0.4) is 0 Å². The number of hydrogen-bond donors (Lipinski definition) is 0. The fraction of sp³-hybridized carbons (Fsp3) is 0.941. The number of unbranched alkanes of at least 4 members (excludes halogenated alkanes) is 29. The Hall–Kier alpha value is -1.59. The average molecular weight is 807 g/mol. The minimum Gasteiger partial charge on any atom is -0.462 e. The van der Waals surface area contributed by atoms with Crippen molar-refractivity contribution in [3.8, 4) is 0 Å². The summed E-state index contributed by atoms with van der Waals surface area (Å²) in [6.07, 6.45) is 43.6. The first kappa shape index (κ1) is 55.4. The number of hydrogen-bond acceptors (Lipinski definition) is 6. The van der Waals surface area contributed by atoms with Crippen molar-refractivity contribution in [1.82, 2.24) is 0 Å². The van der Waals surface area contributed by atoms with Crippen molar-refractivity contribution in [3.05, 3.63) is 0 Å². The van der Waals surface area contributed by atoms with Crippen LogP contribution in [0.5, 0.6) is 0 Å². The van der Waals surface area contributed by atoms with Gasteiger partial charge < -0.3 is 14.2 Å². The van der Waals surface area contributed by atoms with Crippen LogP contribution in [-0.4, -0.2) is 37.2 Å². The first-order valence-corrected chi connectivity index (χ1v) is 25.3. The Morgan fingerprint density at radius 1 is 0.368 bits per heavy atom. The predicted molar refractivity (Wildman–Crippen MR) is 243 cm³/mol. The maximum absolute atomic E-state index is 12.8. The predicted octanol–water partition coefficient (Wildman–Crippen LogP) is 16.1. The summed E-state index contributed by atoms with van der Waals surface area (Å²) >= 11 is 0. The number of carbonyl (C=O) groups is 3. The lowest BCUT2D eigenvalue weighted by molar-refractivity contribution is -0.167. The lowest BCUT2D eigenvalue weighted by atomic mass is 9.99. The van der Waals surface area contributed by atoms with Gasteiger partial charge in [0.15, 0.2) is 6.10 Å². The van der Waals surface area contributed by atoms with Crippen LogP contribution in [0.2, 0.25) is 0 Å². The standard InChI is InChI=1S/C51H98O6/c1-6-8-9-10-11-12-13-14-17-21-28-33-38-43-51(54)57-48(45-56-50(53)42-37-32-27-23-22-25-30-35-40-47(5)7-2)44-55-49(52)41-36-31-26-20-18-15-16-19-24-29-34-39-46(3)4/h46-48H,6-45H2,1-5H3/t47?,48-/m0/s1. The number of rotatable bonds is 45. The van der Waals surface area contributed by atoms with E-state index in [1.54, 1.807) is 0 Å². The van der Waals surface area contributed by atoms with Gasteiger partial charge in [0.25, 0.3) is 0 Å². The summed E-state index contributed by atoms with van der Waals surface area (Å²) in [4.78, 5) is 37.9. The van der Waals surface area contributed by atoms with E-state index in [0.29, 0.717) is 19.3 Å². The van der Waals surface area contributed by atoms with E-state index < -0.39 is 6.10 Å². The van der Waals surface area contributed by atoms with Crippen LogP contribution in [0.4, 0.5) is 0 Å². The molecule has 2 atom stereocenters. The topological polar surface area (TPSA) is 78.9 Å². The zero-order chi connectivity index (χ0) is 41.9. The molecule has 338 valence electrons. The summed E-state index contributed by atoms with van der Waals surface area (Å²) in [5, 5.41) is 0. The third-order valence-electron chi connectivity index (χ3n) is 11.8. The highest BCUT2D eigenvalue weighted by Gasteiger charge is 2.19. The highest BCUT2D eigenvalue weighted by atomic mass is 16.6. The SMILES string of the molecule is CCCCCCCCCCCCCCCC(=O)O[C@@H](COC(=O)CCCCCCCCCCCCCC(C)C)COC(=O)CCCCCCCCCCC(C)CC. The van der Waals surface area contributed by atoms with E-state index in [4.69, 9.17) is 14.2 Å². The van der Waals surface area contributed by atoms with Crippen LogP contribution in [-0.2, 0) is 28.6 Å². The highest BCUT2D eigenvalue weighted by molar-refractivity contribution is 5.71. The third-order valence-corrected chi connectivity index (χ3v) is 11.8. The first-order chi connectivity index (χ1) is 27.8. The summed E-state index contributed by atoms with van der Waals surface area (Å²) in [7, 11) is 0. The second-order valence-corrected chi connectivity index (χ2v) is 18.2. The van der Waals surface area contributed by atoms with Crippen LogP contribution in [0.25, 0.3) is 0 Å². The van der Waals surface area contributed by atoms with Crippen molar-refractivity contribution < 1.29 is 28.6 Å². The Bertz CT molecular complexity index is 872.